The number of aromatic nitrogens is 3. The molecule has 4 aliphatic heterocycles. The number of carbonyl (C=O) groups is 5. The zero-order valence-electron chi connectivity index (χ0n) is 34.2. The minimum absolute atomic E-state index is 0.0289. The molecule has 1 atom stereocenters. The second kappa shape index (κ2) is 19.4. The van der Waals surface area contributed by atoms with Crippen LogP contribution in [0.3, 0.4) is 0 Å². The molecule has 0 spiro atoms. The fourth-order valence-electron chi connectivity index (χ4n) is 8.22. The standard InChI is InChI=1S/C43H46Cl2FN9O8/c44-31-4-5-32(46)39(45)29(31)10-14-63-35-18-25(19-48-40(35)47)26-20-49-54(21-26)28-8-11-53(12-9-28)37(57)24-62-17-16-61-15-13-52-22-27(23-52)50-33-3-1-2-30-38(33)43(60)55(42(30)59)34-6-7-36(56)51-41(34)58/h1-5,18-21,27-28,34,50H,6-17,22-24H2,(H2,47,48)(H,51,56,58)/t34-/m1/s1. The molecule has 6 heterocycles. The van der Waals surface area contributed by atoms with Crippen molar-refractivity contribution < 1.29 is 42.6 Å². The van der Waals surface area contributed by atoms with E-state index in [-0.39, 0.29) is 79.0 Å². The molecule has 2 aromatic carbocycles. The van der Waals surface area contributed by atoms with Crippen molar-refractivity contribution in [3.63, 3.8) is 0 Å². The summed E-state index contributed by atoms with van der Waals surface area (Å²) < 4.78 is 33.1. The van der Waals surface area contributed by atoms with Crippen LogP contribution in [0, 0.1) is 5.82 Å². The van der Waals surface area contributed by atoms with Crippen LogP contribution in [-0.2, 0) is 30.3 Å². The highest BCUT2D eigenvalue weighted by Crippen LogP contribution is 2.34. The lowest BCUT2D eigenvalue weighted by Gasteiger charge is -2.40. The summed E-state index contributed by atoms with van der Waals surface area (Å²) in [6.07, 6.45) is 7.24. The number of fused-ring (bicyclic) bond motifs is 1. The van der Waals surface area contributed by atoms with E-state index in [4.69, 9.17) is 43.1 Å². The normalized spacial score (nSPS) is 18.4. The average molecular weight is 907 g/mol. The third-order valence-electron chi connectivity index (χ3n) is 11.7. The van der Waals surface area contributed by atoms with Crippen molar-refractivity contribution >= 4 is 64.2 Å². The number of amides is 5. The molecule has 3 saturated heterocycles. The smallest absolute Gasteiger partial charge is 0.264 e. The van der Waals surface area contributed by atoms with Crippen LogP contribution in [0.1, 0.15) is 58.0 Å². The number of benzene rings is 2. The van der Waals surface area contributed by atoms with E-state index in [9.17, 15) is 28.4 Å². The maximum absolute atomic E-state index is 13.9. The van der Waals surface area contributed by atoms with E-state index in [1.807, 2.05) is 10.9 Å². The molecule has 5 amide bonds. The van der Waals surface area contributed by atoms with Crippen LogP contribution < -0.4 is 21.1 Å². The van der Waals surface area contributed by atoms with E-state index in [2.05, 4.69) is 25.6 Å². The van der Waals surface area contributed by atoms with E-state index in [0.29, 0.717) is 68.0 Å². The van der Waals surface area contributed by atoms with Crippen LogP contribution >= 0.6 is 23.2 Å². The molecule has 3 fully saturated rings. The van der Waals surface area contributed by atoms with Crippen LogP contribution in [0.4, 0.5) is 15.9 Å². The number of hydrogen-bond donors (Lipinski definition) is 3. The summed E-state index contributed by atoms with van der Waals surface area (Å²) in [5.41, 5.74) is 9.14. The summed E-state index contributed by atoms with van der Waals surface area (Å²) in [6.45, 7) is 4.50. The summed E-state index contributed by atoms with van der Waals surface area (Å²) in [7, 11) is 0. The first kappa shape index (κ1) is 44.0. The molecular weight excluding hydrogens is 860 g/mol. The summed E-state index contributed by atoms with van der Waals surface area (Å²) in [6, 6.07) is 8.62. The van der Waals surface area contributed by atoms with Crippen LogP contribution in [0.2, 0.25) is 10.0 Å². The number of carbonyl (C=O) groups excluding carboxylic acids is 5. The molecule has 0 unspecified atom stereocenters. The first-order valence-corrected chi connectivity index (χ1v) is 21.5. The summed E-state index contributed by atoms with van der Waals surface area (Å²) in [4.78, 5) is 72.7. The topological polar surface area (TPSA) is 204 Å². The van der Waals surface area contributed by atoms with E-state index in [0.717, 1.165) is 28.9 Å². The molecule has 8 rings (SSSR count). The number of ether oxygens (including phenoxy) is 3. The summed E-state index contributed by atoms with van der Waals surface area (Å²) in [5, 5.41) is 10.5. The Labute approximate surface area is 371 Å². The number of nitrogens with one attached hydrogen (secondary N) is 2. The average Bonchev–Trinajstić information content (AvgIpc) is 3.85. The predicted octanol–water partition coefficient (Wildman–Crippen LogP) is 3.99. The number of rotatable bonds is 17. The van der Waals surface area contributed by atoms with E-state index < -0.39 is 35.5 Å². The zero-order valence-corrected chi connectivity index (χ0v) is 35.7. The molecular formula is C43H46Cl2FN9O8. The molecule has 332 valence electrons. The van der Waals surface area contributed by atoms with E-state index in [1.165, 1.54) is 12.1 Å². The van der Waals surface area contributed by atoms with Crippen LogP contribution in [0.25, 0.3) is 11.1 Å². The van der Waals surface area contributed by atoms with Gasteiger partial charge in [-0.05, 0) is 55.2 Å². The minimum Gasteiger partial charge on any atom is -0.489 e. The minimum atomic E-state index is -1.02. The fourth-order valence-corrected chi connectivity index (χ4v) is 8.78. The number of halogens is 3. The Kier molecular flexibility index (Phi) is 13.5. The molecule has 4 aromatic rings. The number of nitrogens with zero attached hydrogens (tertiary/aromatic N) is 6. The lowest BCUT2D eigenvalue weighted by molar-refractivity contribution is -0.138. The number of likely N-dealkylation sites (tertiary alicyclic amines) is 2. The number of imide groups is 2. The van der Waals surface area contributed by atoms with Gasteiger partial charge in [-0.3, -0.25) is 43.8 Å². The molecule has 0 aliphatic carbocycles. The van der Waals surface area contributed by atoms with Crippen LogP contribution in [-0.4, -0.2) is 137 Å². The monoisotopic (exact) mass is 905 g/mol. The third kappa shape index (κ3) is 9.79. The highest BCUT2D eigenvalue weighted by atomic mass is 35.5. The maximum atomic E-state index is 13.9. The quantitative estimate of drug-likeness (QED) is 0.0781. The predicted molar refractivity (Wildman–Crippen MR) is 229 cm³/mol. The van der Waals surface area contributed by atoms with Crippen molar-refractivity contribution in [1.82, 2.24) is 34.8 Å². The molecule has 2 aromatic heterocycles. The molecule has 20 heteroatoms. The molecule has 4 N–H and O–H groups in total. The molecule has 0 saturated carbocycles. The molecule has 4 aliphatic rings. The van der Waals surface area contributed by atoms with Gasteiger partial charge in [0.25, 0.3) is 11.8 Å². The lowest BCUT2D eigenvalue weighted by Crippen LogP contribution is -2.55. The molecule has 0 radical (unpaired) electrons. The highest BCUT2D eigenvalue weighted by Gasteiger charge is 2.46. The number of anilines is 2. The van der Waals surface area contributed by atoms with Gasteiger partial charge in [-0.15, -0.1) is 0 Å². The number of nitrogen functional groups attached to an aromatic ring is 1. The Morgan fingerprint density at radius 2 is 1.75 bits per heavy atom. The largest absolute Gasteiger partial charge is 0.489 e. The van der Waals surface area contributed by atoms with Crippen molar-refractivity contribution in [3.8, 4) is 16.9 Å². The van der Waals surface area contributed by atoms with Crippen LogP contribution in [0.5, 0.6) is 5.75 Å². The zero-order chi connectivity index (χ0) is 44.2. The highest BCUT2D eigenvalue weighted by molar-refractivity contribution is 6.36. The summed E-state index contributed by atoms with van der Waals surface area (Å²) in [5.74, 6) is -2.18. The molecule has 0 bridgehead atoms. The van der Waals surface area contributed by atoms with Crippen molar-refractivity contribution in [3.05, 3.63) is 87.5 Å². The fraction of sp³-hybridized carbons (Fsp3) is 0.419. The Morgan fingerprint density at radius 3 is 2.54 bits per heavy atom. The van der Waals surface area contributed by atoms with Gasteiger partial charge in [0.1, 0.15) is 18.5 Å². The Balaban J connectivity index is 0.696. The lowest BCUT2D eigenvalue weighted by atomic mass is 10.0. The first-order valence-electron chi connectivity index (χ1n) is 20.8. The Bertz CT molecular complexity index is 2410. The second-order valence-electron chi connectivity index (χ2n) is 15.8. The van der Waals surface area contributed by atoms with Crippen LogP contribution in [0.15, 0.2) is 55.0 Å². The third-order valence-corrected chi connectivity index (χ3v) is 12.5. The number of hydrogen-bond acceptors (Lipinski definition) is 13. The van der Waals surface area contributed by atoms with Crippen molar-refractivity contribution in [2.24, 2.45) is 0 Å². The first-order chi connectivity index (χ1) is 30.4. The second-order valence-corrected chi connectivity index (χ2v) is 16.6. The molecule has 63 heavy (non-hydrogen) atoms. The number of piperidine rings is 2. The van der Waals surface area contributed by atoms with Gasteiger partial charge >= 0.3 is 0 Å². The van der Waals surface area contributed by atoms with Gasteiger partial charge in [-0.1, -0.05) is 29.3 Å². The van der Waals surface area contributed by atoms with Gasteiger partial charge in [-0.2, -0.15) is 5.10 Å². The summed E-state index contributed by atoms with van der Waals surface area (Å²) >= 11 is 12.3. The van der Waals surface area contributed by atoms with Gasteiger partial charge in [0, 0.05) is 79.8 Å². The van der Waals surface area contributed by atoms with Gasteiger partial charge in [0.05, 0.1) is 60.9 Å². The van der Waals surface area contributed by atoms with Crippen molar-refractivity contribution in [1.29, 1.82) is 0 Å². The molecule has 17 nitrogen and oxygen atoms in total. The van der Waals surface area contributed by atoms with E-state index >= 15 is 0 Å². The Morgan fingerprint density at radius 1 is 0.952 bits per heavy atom. The van der Waals surface area contributed by atoms with Gasteiger partial charge in [0.15, 0.2) is 11.6 Å². The number of nitrogens with two attached hydrogens (primary N) is 1. The van der Waals surface area contributed by atoms with Gasteiger partial charge in [0.2, 0.25) is 17.7 Å². The number of pyridine rings is 1. The van der Waals surface area contributed by atoms with E-state index in [1.54, 1.807) is 41.6 Å². The van der Waals surface area contributed by atoms with Gasteiger partial charge in [-0.25, -0.2) is 9.37 Å². The van der Waals surface area contributed by atoms with Crippen molar-refractivity contribution in [2.45, 2.75) is 50.2 Å². The maximum Gasteiger partial charge on any atom is 0.264 e. The SMILES string of the molecule is Nc1ncc(-c2cnn(C3CCN(C(=O)COCCOCCN4CC(Nc5cccc6c5C(=O)N([C@@H]5CCC(=O)NC5=O)C6=O)C4)CC3)c2)cc1OCCc1c(Cl)ccc(F)c1Cl. The Hall–Kier alpha value is -5.66. The van der Waals surface area contributed by atoms with Crippen molar-refractivity contribution in [2.75, 3.05) is 76.8 Å². The van der Waals surface area contributed by atoms with Gasteiger partial charge < -0.3 is 30.2 Å².